The summed E-state index contributed by atoms with van der Waals surface area (Å²) in [6, 6.07) is 3.76. The van der Waals surface area contributed by atoms with Crippen molar-refractivity contribution in [3.63, 3.8) is 0 Å². The third-order valence-electron chi connectivity index (χ3n) is 2.73. The molecule has 1 atom stereocenters. The molecule has 1 aromatic heterocycles. The van der Waals surface area contributed by atoms with Crippen molar-refractivity contribution in [1.82, 2.24) is 15.2 Å². The lowest BCUT2D eigenvalue weighted by Gasteiger charge is -2.31. The Kier molecular flexibility index (Phi) is 3.30. The lowest BCUT2D eigenvalue weighted by Crippen LogP contribution is -2.53. The molecule has 1 saturated heterocycles. The summed E-state index contributed by atoms with van der Waals surface area (Å²) in [5.41, 5.74) is -0.472. The Morgan fingerprint density at radius 3 is 3.00 bits per heavy atom. The van der Waals surface area contributed by atoms with Gasteiger partial charge in [0.15, 0.2) is 5.88 Å². The second kappa shape index (κ2) is 4.89. The molecule has 1 aliphatic rings. The highest BCUT2D eigenvalue weighted by molar-refractivity contribution is 5.94. The van der Waals surface area contributed by atoms with E-state index in [4.69, 9.17) is 5.26 Å². The molecule has 1 aromatic rings. The molecule has 0 spiro atoms. The first kappa shape index (κ1) is 12.1. The van der Waals surface area contributed by atoms with Gasteiger partial charge in [0.25, 0.3) is 11.5 Å². The first-order valence-corrected chi connectivity index (χ1v) is 5.46. The molecule has 94 valence electrons. The number of hydrogen-bond acceptors (Lipinski definition) is 5. The van der Waals surface area contributed by atoms with Crippen LogP contribution in [0.5, 0.6) is 5.88 Å². The van der Waals surface area contributed by atoms with Crippen molar-refractivity contribution in [3.8, 4) is 11.9 Å². The minimum absolute atomic E-state index is 0.0819. The third-order valence-corrected chi connectivity index (χ3v) is 2.73. The molecule has 1 aliphatic heterocycles. The van der Waals surface area contributed by atoms with Crippen LogP contribution < -0.4 is 10.9 Å². The van der Waals surface area contributed by atoms with E-state index >= 15 is 0 Å². The number of piperazine rings is 1. The van der Waals surface area contributed by atoms with Gasteiger partial charge >= 0.3 is 0 Å². The first-order chi connectivity index (χ1) is 8.61. The average molecular weight is 248 g/mol. The van der Waals surface area contributed by atoms with Crippen LogP contribution in [0.25, 0.3) is 0 Å². The second-order valence-corrected chi connectivity index (χ2v) is 3.97. The lowest BCUT2D eigenvalue weighted by molar-refractivity contribution is 0.0686. The van der Waals surface area contributed by atoms with Gasteiger partial charge in [-0.3, -0.25) is 14.6 Å². The first-order valence-electron chi connectivity index (χ1n) is 5.46. The molecule has 1 fully saturated rings. The summed E-state index contributed by atoms with van der Waals surface area (Å²) in [6.07, 6.45) is 0. The monoisotopic (exact) mass is 248 g/mol. The standard InChI is InChI=1S/C11H12N4O3/c12-5-8-6-13-1-2-15(8)11(18)7-3-9(16)14-10(17)4-7/h3-4,8,13H,1-2,6H2,(H2,14,16,17). The number of nitrogens with one attached hydrogen (secondary N) is 2. The molecule has 7 nitrogen and oxygen atoms in total. The number of nitriles is 1. The maximum atomic E-state index is 12.2. The number of carbonyl (C=O) groups excluding carboxylic acids is 1. The minimum Gasteiger partial charge on any atom is -0.494 e. The van der Waals surface area contributed by atoms with Gasteiger partial charge in [0, 0.05) is 31.8 Å². The fourth-order valence-corrected chi connectivity index (χ4v) is 1.88. The molecule has 1 unspecified atom stereocenters. The van der Waals surface area contributed by atoms with Crippen LogP contribution in [0.4, 0.5) is 0 Å². The molecule has 18 heavy (non-hydrogen) atoms. The summed E-state index contributed by atoms with van der Waals surface area (Å²) in [4.78, 5) is 26.9. The number of carbonyl (C=O) groups is 1. The molecule has 0 radical (unpaired) electrons. The minimum atomic E-state index is -0.562. The van der Waals surface area contributed by atoms with Gasteiger partial charge < -0.3 is 15.3 Å². The van der Waals surface area contributed by atoms with Gasteiger partial charge in [0.2, 0.25) is 0 Å². The molecular weight excluding hydrogens is 236 g/mol. The molecule has 1 amide bonds. The third kappa shape index (κ3) is 2.33. The fraction of sp³-hybridized carbons (Fsp3) is 0.364. The summed E-state index contributed by atoms with van der Waals surface area (Å²) >= 11 is 0. The Bertz CT molecular complexity index is 560. The Balaban J connectivity index is 2.30. The molecule has 2 rings (SSSR count). The number of nitrogens with zero attached hydrogens (tertiary/aromatic N) is 2. The second-order valence-electron chi connectivity index (χ2n) is 3.97. The normalized spacial score (nSPS) is 19.3. The lowest BCUT2D eigenvalue weighted by atomic mass is 10.1. The van der Waals surface area contributed by atoms with Gasteiger partial charge in [0.1, 0.15) is 6.04 Å². The zero-order valence-electron chi connectivity index (χ0n) is 9.51. The predicted molar refractivity (Wildman–Crippen MR) is 62.0 cm³/mol. The van der Waals surface area contributed by atoms with E-state index in [1.165, 1.54) is 11.0 Å². The van der Waals surface area contributed by atoms with Gasteiger partial charge in [-0.25, -0.2) is 0 Å². The molecule has 0 bridgehead atoms. The van der Waals surface area contributed by atoms with Crippen LogP contribution >= 0.6 is 0 Å². The van der Waals surface area contributed by atoms with Crippen molar-refractivity contribution < 1.29 is 9.90 Å². The van der Waals surface area contributed by atoms with Gasteiger partial charge in [-0.15, -0.1) is 0 Å². The number of pyridine rings is 1. The molecule has 0 aromatic carbocycles. The van der Waals surface area contributed by atoms with Crippen LogP contribution in [0, 0.1) is 11.3 Å². The number of aromatic nitrogens is 1. The summed E-state index contributed by atoms with van der Waals surface area (Å²) in [7, 11) is 0. The van der Waals surface area contributed by atoms with E-state index in [1.54, 1.807) is 0 Å². The summed E-state index contributed by atoms with van der Waals surface area (Å²) < 4.78 is 0. The number of aromatic amines is 1. The van der Waals surface area contributed by atoms with Crippen molar-refractivity contribution >= 4 is 5.91 Å². The highest BCUT2D eigenvalue weighted by Crippen LogP contribution is 2.11. The number of H-pyrrole nitrogens is 1. The van der Waals surface area contributed by atoms with E-state index in [0.717, 1.165) is 6.07 Å². The quantitative estimate of drug-likeness (QED) is 0.591. The number of rotatable bonds is 1. The zero-order chi connectivity index (χ0) is 13.1. The molecule has 7 heteroatoms. The number of hydrogen-bond donors (Lipinski definition) is 3. The highest BCUT2D eigenvalue weighted by Gasteiger charge is 2.27. The van der Waals surface area contributed by atoms with Crippen molar-refractivity contribution in [2.45, 2.75) is 6.04 Å². The van der Waals surface area contributed by atoms with Gasteiger partial charge in [-0.1, -0.05) is 0 Å². The van der Waals surface area contributed by atoms with Crippen molar-refractivity contribution in [2.24, 2.45) is 0 Å². The Hall–Kier alpha value is -2.33. The maximum Gasteiger partial charge on any atom is 0.255 e. The maximum absolute atomic E-state index is 12.2. The van der Waals surface area contributed by atoms with Crippen LogP contribution in [0.3, 0.4) is 0 Å². The van der Waals surface area contributed by atoms with Crippen molar-refractivity contribution in [1.29, 1.82) is 5.26 Å². The van der Waals surface area contributed by atoms with Gasteiger partial charge in [-0.05, 0) is 0 Å². The smallest absolute Gasteiger partial charge is 0.255 e. The zero-order valence-corrected chi connectivity index (χ0v) is 9.51. The van der Waals surface area contributed by atoms with Crippen LogP contribution in [0.2, 0.25) is 0 Å². The van der Waals surface area contributed by atoms with Crippen molar-refractivity contribution in [2.75, 3.05) is 19.6 Å². The van der Waals surface area contributed by atoms with E-state index in [0.29, 0.717) is 19.6 Å². The molecular formula is C11H12N4O3. The largest absolute Gasteiger partial charge is 0.494 e. The van der Waals surface area contributed by atoms with Crippen LogP contribution in [-0.2, 0) is 0 Å². The van der Waals surface area contributed by atoms with Gasteiger partial charge in [-0.2, -0.15) is 5.26 Å². The van der Waals surface area contributed by atoms with Gasteiger partial charge in [0.05, 0.1) is 11.6 Å². The van der Waals surface area contributed by atoms with Crippen LogP contribution in [0.15, 0.2) is 16.9 Å². The SMILES string of the molecule is N#CC1CNCCN1C(=O)c1cc(O)[nH]c(=O)c1. The average Bonchev–Trinajstić information content (AvgIpc) is 2.36. The summed E-state index contributed by atoms with van der Waals surface area (Å²) in [5, 5.41) is 21.2. The van der Waals surface area contributed by atoms with Crippen LogP contribution in [0.1, 0.15) is 10.4 Å². The van der Waals surface area contributed by atoms with E-state index in [2.05, 4.69) is 10.3 Å². The van der Waals surface area contributed by atoms with E-state index < -0.39 is 17.5 Å². The van der Waals surface area contributed by atoms with E-state index in [1.807, 2.05) is 6.07 Å². The van der Waals surface area contributed by atoms with Crippen LogP contribution in [-0.4, -0.2) is 46.6 Å². The molecule has 2 heterocycles. The topological polar surface area (TPSA) is 109 Å². The Morgan fingerprint density at radius 2 is 2.33 bits per heavy atom. The van der Waals surface area contributed by atoms with E-state index in [9.17, 15) is 14.7 Å². The van der Waals surface area contributed by atoms with Crippen molar-refractivity contribution in [3.05, 3.63) is 28.0 Å². The summed E-state index contributed by atoms with van der Waals surface area (Å²) in [6.45, 7) is 1.39. The highest BCUT2D eigenvalue weighted by atomic mass is 16.3. The van der Waals surface area contributed by atoms with E-state index in [-0.39, 0.29) is 11.4 Å². The molecule has 3 N–H and O–H groups in total. The molecule has 0 saturated carbocycles. The Labute approximate surface area is 103 Å². The fourth-order valence-electron chi connectivity index (χ4n) is 1.88. The number of aromatic hydroxyl groups is 1. The summed E-state index contributed by atoms with van der Waals surface area (Å²) in [5.74, 6) is -0.793. The molecule has 0 aliphatic carbocycles. The Morgan fingerprint density at radius 1 is 1.56 bits per heavy atom. The predicted octanol–water partition coefficient (Wildman–Crippen LogP) is -0.982. The number of amides is 1.